The summed E-state index contributed by atoms with van der Waals surface area (Å²) < 4.78 is 39.8. The van der Waals surface area contributed by atoms with Crippen molar-refractivity contribution in [2.24, 2.45) is 0 Å². The van der Waals surface area contributed by atoms with E-state index in [9.17, 15) is 18.0 Å². The largest absolute Gasteiger partial charge is 0.481 e. The Hall–Kier alpha value is -2.76. The summed E-state index contributed by atoms with van der Waals surface area (Å²) in [5.41, 5.74) is 1.48. The van der Waals surface area contributed by atoms with Crippen LogP contribution in [0.3, 0.4) is 0 Å². The van der Waals surface area contributed by atoms with Crippen molar-refractivity contribution in [3.8, 4) is 11.3 Å². The molecule has 0 bridgehead atoms. The van der Waals surface area contributed by atoms with Crippen LogP contribution in [-0.2, 0) is 17.4 Å². The number of carboxylic acids is 1. The van der Waals surface area contributed by atoms with Crippen molar-refractivity contribution in [3.63, 3.8) is 0 Å². The summed E-state index contributed by atoms with van der Waals surface area (Å²) in [5.74, 6) is -1.10. The summed E-state index contributed by atoms with van der Waals surface area (Å²) in [5, 5.41) is 9.44. The van der Waals surface area contributed by atoms with Gasteiger partial charge in [-0.1, -0.05) is 35.9 Å². The minimum absolute atomic E-state index is 0.0854. The van der Waals surface area contributed by atoms with Crippen LogP contribution in [-0.4, -0.2) is 16.1 Å². The topological polar surface area (TPSA) is 53.1 Å². The van der Waals surface area contributed by atoms with E-state index in [2.05, 4.69) is 4.98 Å². The quantitative estimate of drug-likeness (QED) is 0.724. The van der Waals surface area contributed by atoms with E-state index in [0.29, 0.717) is 16.8 Å². The number of benzene rings is 2. The molecule has 1 heterocycles. The van der Waals surface area contributed by atoms with Crippen LogP contribution in [0, 0.1) is 6.92 Å². The van der Waals surface area contributed by atoms with Crippen molar-refractivity contribution in [1.82, 2.24) is 4.98 Å². The van der Waals surface area contributed by atoms with Gasteiger partial charge in [-0.05, 0) is 30.2 Å². The van der Waals surface area contributed by atoms with Crippen molar-refractivity contribution >= 4 is 16.9 Å². The molecule has 0 unspecified atom stereocenters. The maximum atomic E-state index is 13.3. The molecule has 0 fully saturated rings. The van der Waals surface area contributed by atoms with E-state index in [0.717, 1.165) is 11.6 Å². The van der Waals surface area contributed by atoms with Crippen LogP contribution in [0.1, 0.15) is 16.7 Å². The Kier molecular flexibility index (Phi) is 3.83. The van der Waals surface area contributed by atoms with E-state index in [1.165, 1.54) is 12.1 Å². The fraction of sp³-hybridized carbons (Fsp3) is 0.167. The first kappa shape index (κ1) is 16.1. The number of carbonyl (C=O) groups is 1. The molecule has 2 N–H and O–H groups in total. The Morgan fingerprint density at radius 3 is 2.50 bits per heavy atom. The molecule has 2 aromatic carbocycles. The van der Waals surface area contributed by atoms with Gasteiger partial charge in [0, 0.05) is 5.39 Å². The number of aliphatic carboxylic acids is 1. The Balaban J connectivity index is 2.34. The van der Waals surface area contributed by atoms with E-state index in [1.54, 1.807) is 12.1 Å². The second-order valence-electron chi connectivity index (χ2n) is 5.64. The van der Waals surface area contributed by atoms with E-state index >= 15 is 0 Å². The smallest absolute Gasteiger partial charge is 0.418 e. The fourth-order valence-electron chi connectivity index (χ4n) is 2.89. The number of fused-ring (bicyclic) bond motifs is 1. The molecule has 124 valence electrons. The number of H-pyrrole nitrogens is 1. The number of para-hydroxylation sites is 1. The van der Waals surface area contributed by atoms with Gasteiger partial charge in [0.1, 0.15) is 0 Å². The lowest BCUT2D eigenvalue weighted by Gasteiger charge is -2.07. The molecule has 3 aromatic rings. The van der Waals surface area contributed by atoms with E-state index < -0.39 is 17.7 Å². The molecule has 3 nitrogen and oxygen atoms in total. The Labute approximate surface area is 135 Å². The van der Waals surface area contributed by atoms with Crippen molar-refractivity contribution in [2.45, 2.75) is 19.5 Å². The van der Waals surface area contributed by atoms with Gasteiger partial charge in [0.2, 0.25) is 0 Å². The first-order chi connectivity index (χ1) is 11.3. The number of halogens is 3. The molecule has 24 heavy (non-hydrogen) atoms. The molecular formula is C18H14F3NO2. The number of aromatic amines is 1. The third-order valence-electron chi connectivity index (χ3n) is 3.88. The van der Waals surface area contributed by atoms with Gasteiger partial charge in [-0.25, -0.2) is 0 Å². The number of carboxylic acid groups (broad SMARTS) is 1. The summed E-state index contributed by atoms with van der Waals surface area (Å²) in [4.78, 5) is 14.0. The highest BCUT2D eigenvalue weighted by atomic mass is 19.4. The second-order valence-corrected chi connectivity index (χ2v) is 5.64. The van der Waals surface area contributed by atoms with Gasteiger partial charge >= 0.3 is 12.1 Å². The lowest BCUT2D eigenvalue weighted by atomic mass is 10.0. The van der Waals surface area contributed by atoms with Gasteiger partial charge in [-0.15, -0.1) is 0 Å². The molecule has 3 rings (SSSR count). The number of rotatable bonds is 3. The minimum Gasteiger partial charge on any atom is -0.481 e. The van der Waals surface area contributed by atoms with Crippen LogP contribution in [0.25, 0.3) is 22.2 Å². The molecule has 0 aliphatic heterocycles. The van der Waals surface area contributed by atoms with Crippen molar-refractivity contribution in [1.29, 1.82) is 0 Å². The molecule has 0 aliphatic carbocycles. The SMILES string of the molecule is Cc1cccc(-c2[nH]c3c(C(F)(F)F)cccc3c2CC(=O)O)c1. The lowest BCUT2D eigenvalue weighted by molar-refractivity contribution is -0.137. The standard InChI is InChI=1S/C18H14F3NO2/c1-10-4-2-5-11(8-10)16-13(9-15(23)24)12-6-3-7-14(17(12)22-16)18(19,20)21/h2-8,22H,9H2,1H3,(H,23,24). The van der Waals surface area contributed by atoms with Gasteiger partial charge < -0.3 is 10.1 Å². The number of hydrogen-bond acceptors (Lipinski definition) is 1. The third kappa shape index (κ3) is 2.87. The molecular weight excluding hydrogens is 319 g/mol. The molecule has 0 atom stereocenters. The number of alkyl halides is 3. The fourth-order valence-corrected chi connectivity index (χ4v) is 2.89. The number of nitrogens with one attached hydrogen (secondary N) is 1. The minimum atomic E-state index is -4.52. The van der Waals surface area contributed by atoms with Crippen molar-refractivity contribution in [2.75, 3.05) is 0 Å². The summed E-state index contributed by atoms with van der Waals surface area (Å²) in [6.45, 7) is 1.87. The highest BCUT2D eigenvalue weighted by Crippen LogP contribution is 2.38. The molecule has 1 aromatic heterocycles. The molecule has 0 saturated carbocycles. The van der Waals surface area contributed by atoms with Crippen LogP contribution >= 0.6 is 0 Å². The summed E-state index contributed by atoms with van der Waals surface area (Å²) in [6.07, 6.45) is -4.88. The maximum absolute atomic E-state index is 13.3. The van der Waals surface area contributed by atoms with Gasteiger partial charge in [-0.3, -0.25) is 4.79 Å². The monoisotopic (exact) mass is 333 g/mol. The predicted octanol–water partition coefficient (Wildman–Crippen LogP) is 4.79. The summed E-state index contributed by atoms with van der Waals surface area (Å²) in [7, 11) is 0. The molecule has 6 heteroatoms. The van der Waals surface area contributed by atoms with E-state index in [4.69, 9.17) is 5.11 Å². The van der Waals surface area contributed by atoms with E-state index in [-0.39, 0.29) is 17.3 Å². The Morgan fingerprint density at radius 1 is 1.17 bits per heavy atom. The first-order valence-electron chi connectivity index (χ1n) is 7.27. The van der Waals surface area contributed by atoms with Crippen LogP contribution in [0.5, 0.6) is 0 Å². The molecule has 0 spiro atoms. The van der Waals surface area contributed by atoms with Gasteiger partial charge in [0.05, 0.1) is 23.2 Å². The van der Waals surface area contributed by atoms with Crippen molar-refractivity contribution < 1.29 is 23.1 Å². The predicted molar refractivity (Wildman–Crippen MR) is 84.8 cm³/mol. The maximum Gasteiger partial charge on any atom is 0.418 e. The lowest BCUT2D eigenvalue weighted by Crippen LogP contribution is -2.05. The zero-order valence-corrected chi connectivity index (χ0v) is 12.7. The summed E-state index contributed by atoms with van der Waals surface area (Å²) in [6, 6.07) is 11.0. The van der Waals surface area contributed by atoms with Crippen molar-refractivity contribution in [3.05, 3.63) is 59.2 Å². The van der Waals surface area contributed by atoms with Gasteiger partial charge in [0.15, 0.2) is 0 Å². The second kappa shape index (κ2) is 5.70. The highest BCUT2D eigenvalue weighted by Gasteiger charge is 2.34. The van der Waals surface area contributed by atoms with Crippen LogP contribution in [0.2, 0.25) is 0 Å². The first-order valence-corrected chi connectivity index (χ1v) is 7.27. The average molecular weight is 333 g/mol. The third-order valence-corrected chi connectivity index (χ3v) is 3.88. The number of aromatic nitrogens is 1. The number of hydrogen-bond donors (Lipinski definition) is 2. The van der Waals surface area contributed by atoms with Crippen LogP contribution in [0.4, 0.5) is 13.2 Å². The average Bonchev–Trinajstić information content (AvgIpc) is 2.84. The van der Waals surface area contributed by atoms with Crippen LogP contribution < -0.4 is 0 Å². The molecule has 0 aliphatic rings. The van der Waals surface area contributed by atoms with Crippen LogP contribution in [0.15, 0.2) is 42.5 Å². The molecule has 0 amide bonds. The molecule has 0 saturated heterocycles. The normalized spacial score (nSPS) is 11.8. The zero-order chi connectivity index (χ0) is 17.5. The summed E-state index contributed by atoms with van der Waals surface area (Å²) >= 11 is 0. The van der Waals surface area contributed by atoms with Gasteiger partial charge in [-0.2, -0.15) is 13.2 Å². The number of aryl methyl sites for hydroxylation is 1. The van der Waals surface area contributed by atoms with E-state index in [1.807, 2.05) is 19.1 Å². The van der Waals surface area contributed by atoms with Gasteiger partial charge in [0.25, 0.3) is 0 Å². The zero-order valence-electron chi connectivity index (χ0n) is 12.7. The Morgan fingerprint density at radius 2 is 1.88 bits per heavy atom. The Bertz CT molecular complexity index is 926. The molecule has 0 radical (unpaired) electrons. The highest BCUT2D eigenvalue weighted by molar-refractivity contribution is 5.95.